The number of aromatic nitrogens is 2. The Morgan fingerprint density at radius 3 is 2.39 bits per heavy atom. The van der Waals surface area contributed by atoms with E-state index in [2.05, 4.69) is 28.5 Å². The lowest BCUT2D eigenvalue weighted by Gasteiger charge is -2.04. The van der Waals surface area contributed by atoms with Crippen LogP contribution >= 0.6 is 0 Å². The topological polar surface area (TPSA) is 56.0 Å². The standard InChI is InChI=1S/C16H17F3N2O2/c1-10(2)3-8-13(22)9-11-4-6-12(7-5-11)14-20-15(23-21-14)16(17,18)19/h4-7,10H,3,8-9H2,1-2H3. The molecule has 0 fully saturated rings. The number of Topliss-reactive ketones (excluding diaryl/α,β-unsaturated/α-hetero) is 1. The van der Waals surface area contributed by atoms with Crippen molar-refractivity contribution in [2.45, 2.75) is 39.3 Å². The second-order valence-electron chi connectivity index (χ2n) is 5.77. The van der Waals surface area contributed by atoms with Gasteiger partial charge in [-0.15, -0.1) is 0 Å². The van der Waals surface area contributed by atoms with Crippen molar-refractivity contribution in [2.24, 2.45) is 5.92 Å². The lowest BCUT2D eigenvalue weighted by atomic mass is 10.0. The van der Waals surface area contributed by atoms with Gasteiger partial charge in [-0.25, -0.2) is 0 Å². The van der Waals surface area contributed by atoms with E-state index in [9.17, 15) is 18.0 Å². The fourth-order valence-corrected chi connectivity index (χ4v) is 1.99. The van der Waals surface area contributed by atoms with Crippen LogP contribution in [0.25, 0.3) is 11.4 Å². The summed E-state index contributed by atoms with van der Waals surface area (Å²) in [6.45, 7) is 4.12. The van der Waals surface area contributed by atoms with Gasteiger partial charge in [0, 0.05) is 18.4 Å². The third-order valence-corrected chi connectivity index (χ3v) is 3.28. The van der Waals surface area contributed by atoms with Crippen LogP contribution in [0, 0.1) is 5.92 Å². The van der Waals surface area contributed by atoms with Crippen LogP contribution in [0.15, 0.2) is 28.8 Å². The van der Waals surface area contributed by atoms with Gasteiger partial charge in [0.25, 0.3) is 0 Å². The maximum absolute atomic E-state index is 12.4. The first-order valence-corrected chi connectivity index (χ1v) is 7.27. The molecule has 0 aliphatic heterocycles. The van der Waals surface area contributed by atoms with Gasteiger partial charge in [0.15, 0.2) is 0 Å². The Morgan fingerprint density at radius 2 is 1.87 bits per heavy atom. The average molecular weight is 326 g/mol. The zero-order valence-corrected chi connectivity index (χ0v) is 12.9. The van der Waals surface area contributed by atoms with Crippen molar-refractivity contribution in [3.8, 4) is 11.4 Å². The van der Waals surface area contributed by atoms with Crippen LogP contribution in [-0.2, 0) is 17.4 Å². The molecule has 0 amide bonds. The zero-order chi connectivity index (χ0) is 17.0. The first-order chi connectivity index (χ1) is 10.8. The summed E-state index contributed by atoms with van der Waals surface area (Å²) in [4.78, 5) is 15.1. The molecule has 23 heavy (non-hydrogen) atoms. The Labute approximate surface area is 131 Å². The Kier molecular flexibility index (Phi) is 5.18. The summed E-state index contributed by atoms with van der Waals surface area (Å²) >= 11 is 0. The second-order valence-corrected chi connectivity index (χ2v) is 5.77. The molecule has 1 aromatic heterocycles. The van der Waals surface area contributed by atoms with Crippen LogP contribution in [0.2, 0.25) is 0 Å². The van der Waals surface area contributed by atoms with Gasteiger partial charge in [0.05, 0.1) is 0 Å². The maximum atomic E-state index is 12.4. The van der Waals surface area contributed by atoms with E-state index in [0.29, 0.717) is 24.3 Å². The van der Waals surface area contributed by atoms with Gasteiger partial charge in [0.1, 0.15) is 5.78 Å². The predicted molar refractivity (Wildman–Crippen MR) is 77.5 cm³/mol. The number of carbonyl (C=O) groups excluding carboxylic acids is 1. The molecule has 0 aliphatic carbocycles. The summed E-state index contributed by atoms with van der Waals surface area (Å²) in [5.74, 6) is -0.886. The Morgan fingerprint density at radius 1 is 1.22 bits per heavy atom. The molecule has 0 aliphatic rings. The molecule has 0 saturated carbocycles. The molecule has 2 aromatic rings. The molecule has 0 spiro atoms. The summed E-state index contributed by atoms with van der Waals surface area (Å²) < 4.78 is 41.5. The number of carbonyl (C=O) groups is 1. The third-order valence-electron chi connectivity index (χ3n) is 3.28. The van der Waals surface area contributed by atoms with E-state index in [0.717, 1.165) is 12.0 Å². The molecule has 4 nitrogen and oxygen atoms in total. The highest BCUT2D eigenvalue weighted by molar-refractivity contribution is 5.81. The molecule has 1 aromatic carbocycles. The normalized spacial score (nSPS) is 11.9. The summed E-state index contributed by atoms with van der Waals surface area (Å²) in [6.07, 6.45) is -2.97. The van der Waals surface area contributed by atoms with Crippen molar-refractivity contribution in [3.05, 3.63) is 35.7 Å². The minimum atomic E-state index is -4.66. The number of benzene rings is 1. The van der Waals surface area contributed by atoms with Gasteiger partial charge in [-0.2, -0.15) is 18.2 Å². The maximum Gasteiger partial charge on any atom is 0.471 e. The zero-order valence-electron chi connectivity index (χ0n) is 12.9. The largest absolute Gasteiger partial charge is 0.471 e. The van der Waals surface area contributed by atoms with Crippen molar-refractivity contribution >= 4 is 5.78 Å². The molecule has 0 saturated heterocycles. The van der Waals surface area contributed by atoms with Crippen molar-refractivity contribution in [1.29, 1.82) is 0 Å². The molecular weight excluding hydrogens is 309 g/mol. The van der Waals surface area contributed by atoms with E-state index in [4.69, 9.17) is 0 Å². The molecular formula is C16H17F3N2O2. The number of nitrogens with zero attached hydrogens (tertiary/aromatic N) is 2. The first kappa shape index (κ1) is 17.2. The Bertz CT molecular complexity index is 661. The molecule has 0 bridgehead atoms. The minimum absolute atomic E-state index is 0.130. The molecule has 0 N–H and O–H groups in total. The van der Waals surface area contributed by atoms with Gasteiger partial charge in [-0.3, -0.25) is 4.79 Å². The van der Waals surface area contributed by atoms with Crippen molar-refractivity contribution in [1.82, 2.24) is 10.1 Å². The number of hydrogen-bond acceptors (Lipinski definition) is 4. The summed E-state index contributed by atoms with van der Waals surface area (Å²) in [5, 5.41) is 3.32. The van der Waals surface area contributed by atoms with E-state index in [1.807, 2.05) is 0 Å². The van der Waals surface area contributed by atoms with Crippen LogP contribution in [-0.4, -0.2) is 15.9 Å². The number of rotatable bonds is 6. The predicted octanol–water partition coefficient (Wildman–Crippen LogP) is 4.30. The fraction of sp³-hybridized carbons (Fsp3) is 0.438. The Hall–Kier alpha value is -2.18. The molecule has 0 unspecified atom stereocenters. The van der Waals surface area contributed by atoms with E-state index in [-0.39, 0.29) is 11.6 Å². The van der Waals surface area contributed by atoms with Gasteiger partial charge >= 0.3 is 12.1 Å². The average Bonchev–Trinajstić information content (AvgIpc) is 2.96. The van der Waals surface area contributed by atoms with Gasteiger partial charge in [-0.1, -0.05) is 43.3 Å². The van der Waals surface area contributed by atoms with Crippen LogP contribution < -0.4 is 0 Å². The first-order valence-electron chi connectivity index (χ1n) is 7.27. The summed E-state index contributed by atoms with van der Waals surface area (Å²) in [5.41, 5.74) is 1.21. The molecule has 2 rings (SSSR count). The number of hydrogen-bond donors (Lipinski definition) is 0. The van der Waals surface area contributed by atoms with E-state index < -0.39 is 12.1 Å². The lowest BCUT2D eigenvalue weighted by Crippen LogP contribution is -2.05. The van der Waals surface area contributed by atoms with Gasteiger partial charge in [-0.05, 0) is 17.9 Å². The molecule has 124 valence electrons. The number of halogens is 3. The lowest BCUT2D eigenvalue weighted by molar-refractivity contribution is -0.159. The van der Waals surface area contributed by atoms with E-state index in [1.165, 1.54) is 0 Å². The highest BCUT2D eigenvalue weighted by atomic mass is 19.4. The fourth-order valence-electron chi connectivity index (χ4n) is 1.99. The molecule has 1 heterocycles. The minimum Gasteiger partial charge on any atom is -0.329 e. The monoisotopic (exact) mass is 326 g/mol. The van der Waals surface area contributed by atoms with Crippen molar-refractivity contribution in [3.63, 3.8) is 0 Å². The molecule has 0 atom stereocenters. The smallest absolute Gasteiger partial charge is 0.329 e. The van der Waals surface area contributed by atoms with Crippen molar-refractivity contribution < 1.29 is 22.5 Å². The molecule has 0 radical (unpaired) electrons. The van der Waals surface area contributed by atoms with Crippen LogP contribution in [0.4, 0.5) is 13.2 Å². The highest BCUT2D eigenvalue weighted by Crippen LogP contribution is 2.29. The highest BCUT2D eigenvalue weighted by Gasteiger charge is 2.38. The van der Waals surface area contributed by atoms with Crippen LogP contribution in [0.1, 0.15) is 38.1 Å². The summed E-state index contributed by atoms with van der Waals surface area (Å²) in [6, 6.07) is 6.53. The second kappa shape index (κ2) is 6.93. The third kappa shape index (κ3) is 4.91. The van der Waals surface area contributed by atoms with E-state index >= 15 is 0 Å². The van der Waals surface area contributed by atoms with Gasteiger partial charge in [0.2, 0.25) is 5.82 Å². The van der Waals surface area contributed by atoms with Crippen molar-refractivity contribution in [2.75, 3.05) is 0 Å². The van der Waals surface area contributed by atoms with E-state index in [1.54, 1.807) is 24.3 Å². The Balaban J connectivity index is 2.02. The SMILES string of the molecule is CC(C)CCC(=O)Cc1ccc(-c2noc(C(F)(F)F)n2)cc1. The van der Waals surface area contributed by atoms with Crippen LogP contribution in [0.5, 0.6) is 0 Å². The number of ketones is 1. The van der Waals surface area contributed by atoms with Gasteiger partial charge < -0.3 is 4.52 Å². The number of alkyl halides is 3. The van der Waals surface area contributed by atoms with Crippen LogP contribution in [0.3, 0.4) is 0 Å². The quantitative estimate of drug-likeness (QED) is 0.794. The summed E-state index contributed by atoms with van der Waals surface area (Å²) in [7, 11) is 0. The molecule has 7 heteroatoms.